The summed E-state index contributed by atoms with van der Waals surface area (Å²) >= 11 is 0. The third-order valence-electron chi connectivity index (χ3n) is 11.0. The van der Waals surface area contributed by atoms with Gasteiger partial charge in [-0.3, -0.25) is 9.59 Å². The molecule has 26 nitrogen and oxygen atoms in total. The number of hydrogen-bond acceptors (Lipinski definition) is 24. The van der Waals surface area contributed by atoms with E-state index in [1.807, 2.05) is 0 Å². The summed E-state index contributed by atoms with van der Waals surface area (Å²) < 4.78 is 52.3. The molecule has 0 unspecified atom stereocenters. The van der Waals surface area contributed by atoms with Gasteiger partial charge in [0.15, 0.2) is 31.5 Å². The molecule has 15 N–H and O–H groups in total. The van der Waals surface area contributed by atoms with Gasteiger partial charge < -0.3 is 120 Å². The van der Waals surface area contributed by atoms with E-state index in [1.165, 1.54) is 13.8 Å². The van der Waals surface area contributed by atoms with E-state index >= 15 is 0 Å². The zero-order valence-electron chi connectivity index (χ0n) is 32.9. The van der Waals surface area contributed by atoms with Crippen LogP contribution in [0.15, 0.2) is 0 Å². The molecule has 0 aromatic carbocycles. The summed E-state index contributed by atoms with van der Waals surface area (Å²) in [5.41, 5.74) is 0. The zero-order chi connectivity index (χ0) is 44.5. The van der Waals surface area contributed by atoms with Crippen LogP contribution in [0, 0.1) is 0 Å². The van der Waals surface area contributed by atoms with Crippen LogP contribution < -0.4 is 10.6 Å². The van der Waals surface area contributed by atoms with Crippen molar-refractivity contribution < 1.29 is 119 Å². The first kappa shape index (κ1) is 49.1. The van der Waals surface area contributed by atoms with Gasteiger partial charge in [0.05, 0.1) is 32.0 Å². The van der Waals surface area contributed by atoms with Crippen molar-refractivity contribution in [2.75, 3.05) is 19.8 Å². The zero-order valence-corrected chi connectivity index (χ0v) is 32.9. The van der Waals surface area contributed by atoms with Gasteiger partial charge in [-0.15, -0.1) is 0 Å². The largest absolute Gasteiger partial charge is 0.394 e. The number of carbonyl (C=O) groups excluding carboxylic acids is 2. The van der Waals surface area contributed by atoms with Crippen LogP contribution >= 0.6 is 0 Å². The minimum atomic E-state index is -1.99. The number of amides is 2. The third kappa shape index (κ3) is 10.5. The molecule has 5 rings (SSSR count). The number of ether oxygens (including phenoxy) is 9. The Labute approximate surface area is 342 Å². The lowest BCUT2D eigenvalue weighted by atomic mass is 9.93. The second-order valence-corrected chi connectivity index (χ2v) is 15.4. The third-order valence-corrected chi connectivity index (χ3v) is 11.0. The molecule has 25 atom stereocenters. The fraction of sp³-hybridized carbons (Fsp3) is 0.941. The SMILES string of the molecule is CC(=O)N[C@@H]1[C@@H](O[C@H]2O[C@@H](C)[C@@H](O)[C@@H](O)[C@@H]2O)[C@H](O[C@@H]2O[C@H](CO)[C@@H](O[C@@H]3O[C@H](CO)[C@@H](O)[C@H](O)[C@@H]3O)[C@H](O)[C@H]2NC(C)=O)[C@@H](CO[C@@H]2O[C@@H](C)[C@@H](O)[C@@H](O)[C@@H]2O)O[C@H]1O. The van der Waals surface area contributed by atoms with Crippen molar-refractivity contribution in [3.63, 3.8) is 0 Å². The Morgan fingerprint density at radius 1 is 0.467 bits per heavy atom. The Morgan fingerprint density at radius 2 is 0.917 bits per heavy atom. The highest BCUT2D eigenvalue weighted by atomic mass is 16.8. The van der Waals surface area contributed by atoms with Crippen molar-refractivity contribution in [1.29, 1.82) is 0 Å². The molecule has 2 amide bonds. The molecule has 26 heteroatoms. The van der Waals surface area contributed by atoms with Crippen LogP contribution in [0.1, 0.15) is 27.7 Å². The summed E-state index contributed by atoms with van der Waals surface area (Å²) in [6.07, 6.45) is -39.3. The molecule has 0 aromatic rings. The molecule has 348 valence electrons. The molecule has 5 saturated heterocycles. The summed E-state index contributed by atoms with van der Waals surface area (Å²) in [7, 11) is 0. The van der Waals surface area contributed by atoms with Crippen LogP contribution in [-0.4, -0.2) is 251 Å². The molecule has 0 aliphatic carbocycles. The van der Waals surface area contributed by atoms with Gasteiger partial charge in [0.2, 0.25) is 11.8 Å². The Hall–Kier alpha value is -1.94. The average molecular weight is 879 g/mol. The second kappa shape index (κ2) is 20.7. The topological polar surface area (TPSA) is 404 Å². The molecule has 60 heavy (non-hydrogen) atoms. The monoisotopic (exact) mass is 878 g/mol. The summed E-state index contributed by atoms with van der Waals surface area (Å²) in [4.78, 5) is 25.1. The lowest BCUT2D eigenvalue weighted by molar-refractivity contribution is -0.377. The number of carbonyl (C=O) groups is 2. The highest BCUT2D eigenvalue weighted by molar-refractivity contribution is 5.73. The molecule has 0 aromatic heterocycles. The van der Waals surface area contributed by atoms with E-state index in [-0.39, 0.29) is 0 Å². The van der Waals surface area contributed by atoms with Crippen molar-refractivity contribution >= 4 is 11.8 Å². The smallest absolute Gasteiger partial charge is 0.217 e. The van der Waals surface area contributed by atoms with Gasteiger partial charge in [-0.2, -0.15) is 0 Å². The van der Waals surface area contributed by atoms with Gasteiger partial charge in [0, 0.05) is 13.8 Å². The molecule has 0 radical (unpaired) electrons. The average Bonchev–Trinajstić information content (AvgIpc) is 3.20. The first-order chi connectivity index (χ1) is 28.2. The van der Waals surface area contributed by atoms with Crippen molar-refractivity contribution in [2.24, 2.45) is 0 Å². The Morgan fingerprint density at radius 3 is 1.47 bits per heavy atom. The molecule has 5 fully saturated rings. The molecular weight excluding hydrogens is 820 g/mol. The van der Waals surface area contributed by atoms with E-state index in [0.717, 1.165) is 13.8 Å². The maximum absolute atomic E-state index is 12.6. The number of aliphatic hydroxyl groups is 13. The van der Waals surface area contributed by atoms with Crippen molar-refractivity contribution in [3.05, 3.63) is 0 Å². The lowest BCUT2D eigenvalue weighted by Gasteiger charge is -2.51. The van der Waals surface area contributed by atoms with Gasteiger partial charge in [-0.05, 0) is 13.8 Å². The molecular formula is C34H58N2O24. The first-order valence-electron chi connectivity index (χ1n) is 19.3. The fourth-order valence-electron chi connectivity index (χ4n) is 7.62. The second-order valence-electron chi connectivity index (χ2n) is 15.4. The van der Waals surface area contributed by atoms with Gasteiger partial charge in [0.25, 0.3) is 0 Å². The highest BCUT2D eigenvalue weighted by Crippen LogP contribution is 2.35. The summed E-state index contributed by atoms with van der Waals surface area (Å²) in [6.45, 7) is 2.32. The minimum Gasteiger partial charge on any atom is -0.394 e. The summed E-state index contributed by atoms with van der Waals surface area (Å²) in [5, 5.41) is 142. The van der Waals surface area contributed by atoms with Gasteiger partial charge >= 0.3 is 0 Å². The lowest BCUT2D eigenvalue weighted by Crippen LogP contribution is -2.71. The predicted octanol–water partition coefficient (Wildman–Crippen LogP) is -9.58. The van der Waals surface area contributed by atoms with Crippen LogP contribution in [0.2, 0.25) is 0 Å². The molecule has 0 saturated carbocycles. The highest BCUT2D eigenvalue weighted by Gasteiger charge is 2.56. The Balaban J connectivity index is 1.51. The maximum atomic E-state index is 12.6. The summed E-state index contributed by atoms with van der Waals surface area (Å²) in [5.74, 6) is -1.55. The maximum Gasteiger partial charge on any atom is 0.217 e. The Kier molecular flexibility index (Phi) is 16.9. The van der Waals surface area contributed by atoms with Crippen molar-refractivity contribution in [3.8, 4) is 0 Å². The normalized spacial score (nSPS) is 50.2. The van der Waals surface area contributed by atoms with Crippen molar-refractivity contribution in [2.45, 2.75) is 181 Å². The van der Waals surface area contributed by atoms with E-state index in [1.54, 1.807) is 0 Å². The number of rotatable bonds is 13. The molecule has 0 bridgehead atoms. The van der Waals surface area contributed by atoms with E-state index in [0.29, 0.717) is 0 Å². The number of nitrogens with one attached hydrogen (secondary N) is 2. The fourth-order valence-corrected chi connectivity index (χ4v) is 7.62. The minimum absolute atomic E-state index is 0.732. The number of hydrogen-bond donors (Lipinski definition) is 15. The van der Waals surface area contributed by atoms with E-state index in [4.69, 9.17) is 42.6 Å². The van der Waals surface area contributed by atoms with E-state index in [9.17, 15) is 76.0 Å². The van der Waals surface area contributed by atoms with Crippen LogP contribution in [0.25, 0.3) is 0 Å². The molecule has 0 spiro atoms. The number of aliphatic hydroxyl groups excluding tert-OH is 13. The standard InChI is InChI=1S/C34H58N2O24/c1-8-17(41)21(45)24(48)32(53-8)52-7-14-28(29(16(30(51)55-14)36-11(4)40)60-33-25(49)22(46)18(42)9(2)54-33)59-31-15(35-10(3)39)20(44)27(13(6-38)57-31)58-34-26(50)23(47)19(43)12(5-37)56-34/h8-9,12-34,37-38,41-51H,5-7H2,1-4H3,(H,35,39)(H,36,40)/t8-,9-,12+,13+,14+,15+,16+,17+,18+,19+,20+,21+,22+,23-,24-,25-,26-,27+,28+,29+,30+,31-,32+,33+,34-/m0/s1. The molecule has 5 aliphatic heterocycles. The van der Waals surface area contributed by atoms with Gasteiger partial charge in [0.1, 0.15) is 110 Å². The van der Waals surface area contributed by atoms with Crippen LogP contribution in [0.4, 0.5) is 0 Å². The van der Waals surface area contributed by atoms with Crippen LogP contribution in [-0.2, 0) is 52.2 Å². The predicted molar refractivity (Wildman–Crippen MR) is 187 cm³/mol. The van der Waals surface area contributed by atoms with Gasteiger partial charge in [-0.1, -0.05) is 0 Å². The molecule has 5 heterocycles. The van der Waals surface area contributed by atoms with Crippen LogP contribution in [0.3, 0.4) is 0 Å². The van der Waals surface area contributed by atoms with Crippen molar-refractivity contribution in [1.82, 2.24) is 10.6 Å². The summed E-state index contributed by atoms with van der Waals surface area (Å²) in [6, 6.07) is -3.32. The Bertz CT molecular complexity index is 1400. The van der Waals surface area contributed by atoms with Crippen LogP contribution in [0.5, 0.6) is 0 Å². The van der Waals surface area contributed by atoms with E-state index in [2.05, 4.69) is 10.6 Å². The first-order valence-corrected chi connectivity index (χ1v) is 19.3. The quantitative estimate of drug-likeness (QED) is 0.0817. The van der Waals surface area contributed by atoms with Gasteiger partial charge in [-0.25, -0.2) is 0 Å². The van der Waals surface area contributed by atoms with E-state index < -0.39 is 185 Å². The molecule has 5 aliphatic rings.